The molecular formula is C15H19N3O2. The summed E-state index contributed by atoms with van der Waals surface area (Å²) < 4.78 is 10.7. The van der Waals surface area contributed by atoms with Gasteiger partial charge in [0, 0.05) is 5.56 Å². The Balaban J connectivity index is 1.83. The van der Waals surface area contributed by atoms with Crippen LogP contribution in [0.3, 0.4) is 0 Å². The lowest BCUT2D eigenvalue weighted by Crippen LogP contribution is -2.14. The summed E-state index contributed by atoms with van der Waals surface area (Å²) >= 11 is 0. The number of hydrogen-bond donors (Lipinski definition) is 2. The number of nitrogens with two attached hydrogens (primary N) is 1. The Morgan fingerprint density at radius 2 is 2.10 bits per heavy atom. The van der Waals surface area contributed by atoms with Crippen molar-refractivity contribution in [3.8, 4) is 22.8 Å². The number of nitrogens with zero attached hydrogens (tertiary/aromatic N) is 1. The highest BCUT2D eigenvalue weighted by molar-refractivity contribution is 5.64. The summed E-state index contributed by atoms with van der Waals surface area (Å²) in [6, 6.07) is 5.79. The maximum Gasteiger partial charge on any atom is 0.231 e. The Hall–Kier alpha value is -2.01. The van der Waals surface area contributed by atoms with Gasteiger partial charge in [0.1, 0.15) is 5.82 Å². The molecule has 0 spiro atoms. The van der Waals surface area contributed by atoms with Crippen molar-refractivity contribution < 1.29 is 9.47 Å². The molecule has 5 nitrogen and oxygen atoms in total. The summed E-state index contributed by atoms with van der Waals surface area (Å²) in [6.45, 7) is 4.59. The molecular weight excluding hydrogens is 254 g/mol. The Bertz CT molecular complexity index is 607. The van der Waals surface area contributed by atoms with Gasteiger partial charge >= 0.3 is 0 Å². The van der Waals surface area contributed by atoms with Crippen LogP contribution in [0.2, 0.25) is 0 Å². The second-order valence-electron chi connectivity index (χ2n) is 5.49. The van der Waals surface area contributed by atoms with Crippen LogP contribution in [0, 0.1) is 5.92 Å². The first kappa shape index (κ1) is 13.0. The van der Waals surface area contributed by atoms with Crippen LogP contribution in [0.25, 0.3) is 11.3 Å². The van der Waals surface area contributed by atoms with Gasteiger partial charge in [0.15, 0.2) is 11.5 Å². The number of aromatic amines is 1. The smallest absolute Gasteiger partial charge is 0.231 e. The summed E-state index contributed by atoms with van der Waals surface area (Å²) in [5.74, 6) is 2.92. The lowest BCUT2D eigenvalue weighted by molar-refractivity contribution is 0.174. The average Bonchev–Trinajstić information content (AvgIpc) is 3.06. The van der Waals surface area contributed by atoms with Crippen LogP contribution < -0.4 is 15.2 Å². The predicted octanol–water partition coefficient (Wildman–Crippen LogP) is 2.85. The number of ether oxygens (including phenoxy) is 2. The summed E-state index contributed by atoms with van der Waals surface area (Å²) in [6.07, 6.45) is 2.72. The minimum absolute atomic E-state index is 0.0576. The van der Waals surface area contributed by atoms with Gasteiger partial charge in [0.25, 0.3) is 0 Å². The van der Waals surface area contributed by atoms with E-state index in [2.05, 4.69) is 23.8 Å². The second-order valence-corrected chi connectivity index (χ2v) is 5.49. The molecule has 1 atom stereocenters. The van der Waals surface area contributed by atoms with Crippen molar-refractivity contribution in [1.82, 2.24) is 9.97 Å². The highest BCUT2D eigenvalue weighted by atomic mass is 16.7. The molecule has 1 aromatic carbocycles. The van der Waals surface area contributed by atoms with Gasteiger partial charge in [-0.1, -0.05) is 13.8 Å². The molecule has 1 aliphatic heterocycles. The molecule has 3 N–H and O–H groups in total. The van der Waals surface area contributed by atoms with Crippen LogP contribution in [0.5, 0.6) is 11.5 Å². The first-order valence-electron chi connectivity index (χ1n) is 6.84. The molecule has 0 saturated carbocycles. The maximum atomic E-state index is 6.14. The second kappa shape index (κ2) is 5.17. The van der Waals surface area contributed by atoms with Gasteiger partial charge < -0.3 is 20.2 Å². The molecule has 0 unspecified atom stereocenters. The fourth-order valence-electron chi connectivity index (χ4n) is 2.36. The number of H-pyrrole nitrogens is 1. The summed E-state index contributed by atoms with van der Waals surface area (Å²) in [5.41, 5.74) is 8.10. The maximum absolute atomic E-state index is 6.14. The summed E-state index contributed by atoms with van der Waals surface area (Å²) in [7, 11) is 0. The van der Waals surface area contributed by atoms with Crippen molar-refractivity contribution in [1.29, 1.82) is 0 Å². The summed E-state index contributed by atoms with van der Waals surface area (Å²) in [5, 5.41) is 0. The molecule has 2 aromatic rings. The molecule has 3 rings (SSSR count). The molecule has 2 heterocycles. The van der Waals surface area contributed by atoms with Crippen LogP contribution >= 0.6 is 0 Å². The quantitative estimate of drug-likeness (QED) is 0.898. The molecule has 106 valence electrons. The van der Waals surface area contributed by atoms with Crippen molar-refractivity contribution in [2.75, 3.05) is 6.79 Å². The van der Waals surface area contributed by atoms with E-state index in [0.29, 0.717) is 5.92 Å². The number of imidazole rings is 1. The number of rotatable bonds is 4. The fourth-order valence-corrected chi connectivity index (χ4v) is 2.36. The van der Waals surface area contributed by atoms with E-state index >= 15 is 0 Å². The van der Waals surface area contributed by atoms with Crippen molar-refractivity contribution in [2.45, 2.75) is 26.3 Å². The van der Waals surface area contributed by atoms with Crippen molar-refractivity contribution >= 4 is 0 Å². The van der Waals surface area contributed by atoms with Gasteiger partial charge in [-0.25, -0.2) is 4.98 Å². The lowest BCUT2D eigenvalue weighted by atomic mass is 10.0. The molecule has 0 fully saturated rings. The zero-order chi connectivity index (χ0) is 14.1. The van der Waals surface area contributed by atoms with Gasteiger partial charge in [-0.15, -0.1) is 0 Å². The van der Waals surface area contributed by atoms with Crippen molar-refractivity contribution in [3.05, 3.63) is 30.2 Å². The molecule has 0 aliphatic carbocycles. The zero-order valence-corrected chi connectivity index (χ0v) is 11.7. The average molecular weight is 273 g/mol. The Morgan fingerprint density at radius 1 is 1.30 bits per heavy atom. The predicted molar refractivity (Wildman–Crippen MR) is 76.5 cm³/mol. The number of benzene rings is 1. The van der Waals surface area contributed by atoms with Crippen LogP contribution in [0.4, 0.5) is 0 Å². The molecule has 1 aliphatic rings. The molecule has 20 heavy (non-hydrogen) atoms. The third-order valence-corrected chi connectivity index (χ3v) is 3.36. The van der Waals surface area contributed by atoms with E-state index in [4.69, 9.17) is 15.2 Å². The number of nitrogens with one attached hydrogen (secondary N) is 1. The summed E-state index contributed by atoms with van der Waals surface area (Å²) in [4.78, 5) is 7.68. The van der Waals surface area contributed by atoms with E-state index in [9.17, 15) is 0 Å². The number of fused-ring (bicyclic) bond motifs is 1. The van der Waals surface area contributed by atoms with Crippen LogP contribution in [0.1, 0.15) is 32.1 Å². The highest BCUT2D eigenvalue weighted by Gasteiger charge is 2.16. The third kappa shape index (κ3) is 2.49. The van der Waals surface area contributed by atoms with Gasteiger partial charge in [0.2, 0.25) is 6.79 Å². The van der Waals surface area contributed by atoms with E-state index in [-0.39, 0.29) is 12.8 Å². The topological polar surface area (TPSA) is 73.2 Å². The van der Waals surface area contributed by atoms with Crippen molar-refractivity contribution in [3.63, 3.8) is 0 Å². The van der Waals surface area contributed by atoms with E-state index in [1.807, 2.05) is 24.4 Å². The fraction of sp³-hybridized carbons (Fsp3) is 0.400. The largest absolute Gasteiger partial charge is 0.454 e. The van der Waals surface area contributed by atoms with Crippen LogP contribution in [-0.4, -0.2) is 16.8 Å². The number of hydrogen-bond acceptors (Lipinski definition) is 4. The standard InChI is InChI=1S/C15H19N3O2/c1-9(2)5-11(16)15-17-7-12(18-15)10-3-4-13-14(6-10)20-8-19-13/h3-4,6-7,9,11H,5,8,16H2,1-2H3,(H,17,18)/t11-/m0/s1. The van der Waals surface area contributed by atoms with E-state index in [0.717, 1.165) is 35.0 Å². The van der Waals surface area contributed by atoms with Gasteiger partial charge in [0.05, 0.1) is 17.9 Å². The molecule has 0 bridgehead atoms. The van der Waals surface area contributed by atoms with E-state index in [1.165, 1.54) is 0 Å². The zero-order valence-electron chi connectivity index (χ0n) is 11.7. The lowest BCUT2D eigenvalue weighted by Gasteiger charge is -2.11. The third-order valence-electron chi connectivity index (χ3n) is 3.36. The first-order valence-corrected chi connectivity index (χ1v) is 6.84. The van der Waals surface area contributed by atoms with Gasteiger partial charge in [-0.3, -0.25) is 0 Å². The van der Waals surface area contributed by atoms with E-state index in [1.54, 1.807) is 0 Å². The van der Waals surface area contributed by atoms with Gasteiger partial charge in [-0.2, -0.15) is 0 Å². The molecule has 0 radical (unpaired) electrons. The number of aromatic nitrogens is 2. The van der Waals surface area contributed by atoms with Gasteiger partial charge in [-0.05, 0) is 30.5 Å². The minimum Gasteiger partial charge on any atom is -0.454 e. The molecule has 1 aromatic heterocycles. The SMILES string of the molecule is CC(C)C[C@H](N)c1ncc(-c2ccc3c(c2)OCO3)[nH]1. The minimum atomic E-state index is -0.0576. The van der Waals surface area contributed by atoms with Crippen molar-refractivity contribution in [2.24, 2.45) is 11.7 Å². The Labute approximate surface area is 118 Å². The molecule has 0 amide bonds. The van der Waals surface area contributed by atoms with E-state index < -0.39 is 0 Å². The normalized spacial score (nSPS) is 14.8. The monoisotopic (exact) mass is 273 g/mol. The first-order chi connectivity index (χ1) is 9.63. The Morgan fingerprint density at radius 3 is 2.90 bits per heavy atom. The Kier molecular flexibility index (Phi) is 3.36. The molecule has 0 saturated heterocycles. The highest BCUT2D eigenvalue weighted by Crippen LogP contribution is 2.35. The van der Waals surface area contributed by atoms with Crippen LogP contribution in [-0.2, 0) is 0 Å². The molecule has 5 heteroatoms. The van der Waals surface area contributed by atoms with Crippen LogP contribution in [0.15, 0.2) is 24.4 Å².